The summed E-state index contributed by atoms with van der Waals surface area (Å²) in [5.74, 6) is -0.573. The lowest BCUT2D eigenvalue weighted by molar-refractivity contribution is -0.151. The van der Waals surface area contributed by atoms with E-state index in [0.29, 0.717) is 19.3 Å². The first-order valence-electron chi connectivity index (χ1n) is 24.7. The number of esters is 1. The number of allylic oxidation sites excluding steroid dienone is 18. The number of nitrogens with one attached hydrogen (secondary N) is 1. The van der Waals surface area contributed by atoms with E-state index in [4.69, 9.17) is 4.74 Å². The highest BCUT2D eigenvalue weighted by atomic mass is 16.5. The molecule has 61 heavy (non-hydrogen) atoms. The molecule has 0 radical (unpaired) electrons. The average Bonchev–Trinajstić information content (AvgIpc) is 3.25. The molecule has 0 aromatic rings. The highest BCUT2D eigenvalue weighted by Gasteiger charge is 2.24. The van der Waals surface area contributed by atoms with Crippen molar-refractivity contribution < 1.29 is 24.5 Å². The zero-order valence-electron chi connectivity index (χ0n) is 39.2. The predicted molar refractivity (Wildman–Crippen MR) is 263 cm³/mol. The molecule has 0 rings (SSSR count). The number of carbonyl (C=O) groups is 2. The van der Waals surface area contributed by atoms with Crippen LogP contribution in [0.15, 0.2) is 109 Å². The van der Waals surface area contributed by atoms with Crippen LogP contribution in [0, 0.1) is 0 Å². The highest BCUT2D eigenvalue weighted by Crippen LogP contribution is 2.17. The van der Waals surface area contributed by atoms with Crippen molar-refractivity contribution in [2.45, 2.75) is 219 Å². The lowest BCUT2D eigenvalue weighted by Crippen LogP contribution is -2.46. The molecule has 3 N–H and O–H groups in total. The van der Waals surface area contributed by atoms with Crippen molar-refractivity contribution in [3.05, 3.63) is 109 Å². The van der Waals surface area contributed by atoms with Crippen LogP contribution in [0.2, 0.25) is 0 Å². The first-order valence-corrected chi connectivity index (χ1v) is 24.7. The number of amides is 1. The summed E-state index contributed by atoms with van der Waals surface area (Å²) in [7, 11) is 0. The van der Waals surface area contributed by atoms with Crippen molar-refractivity contribution in [2.75, 3.05) is 6.61 Å². The van der Waals surface area contributed by atoms with Crippen LogP contribution in [0.25, 0.3) is 0 Å². The standard InChI is InChI=1S/C55H91NO5/c1-4-7-10-13-16-19-22-25-26-27-30-31-34-37-40-43-46-51(61-55(60)48-45-42-39-36-33-29-24-21-18-15-12-9-6-3)49-54(59)56-52(50-57)53(58)47-44-41-38-35-32-28-23-20-17-14-11-8-5-2/h9-10,12-13,15-16,18-19,21-22,24-27,29-31,33,51-53,57-58H,4-8,11,14,17,20,23,28,32,34-50H2,1-3H3,(H,56,59)/b12-9+,13-10+,18-15+,19-16+,24-21-,25-22+,27-26+,31-30+,33-29-. The third kappa shape index (κ3) is 43.0. The van der Waals surface area contributed by atoms with Crippen LogP contribution in [0.4, 0.5) is 0 Å². The quantitative estimate of drug-likeness (QED) is 0.0323. The summed E-state index contributed by atoms with van der Waals surface area (Å²) in [5.41, 5.74) is 0. The van der Waals surface area contributed by atoms with Crippen molar-refractivity contribution >= 4 is 11.9 Å². The molecule has 346 valence electrons. The molecule has 0 bridgehead atoms. The Morgan fingerprint density at radius 1 is 0.492 bits per heavy atom. The first-order chi connectivity index (χ1) is 30.0. The van der Waals surface area contributed by atoms with Gasteiger partial charge in [0.05, 0.1) is 25.2 Å². The minimum atomic E-state index is -0.813. The highest BCUT2D eigenvalue weighted by molar-refractivity contribution is 5.77. The molecule has 3 atom stereocenters. The predicted octanol–water partition coefficient (Wildman–Crippen LogP) is 14.7. The van der Waals surface area contributed by atoms with Crippen molar-refractivity contribution in [3.8, 4) is 0 Å². The fraction of sp³-hybridized carbons (Fsp3) is 0.636. The molecule has 0 spiro atoms. The SMILES string of the molecule is CC/C=C/C=C/C=C\C=C/CCCCCC(=O)OC(CCCCC/C=C/C=C/C=C/C=C/C=C/CCC)CC(=O)NC(CO)C(O)CCCCCCCCCCCCCCC. The molecule has 0 fully saturated rings. The Kier molecular flexibility index (Phi) is 44.9. The Hall–Kier alpha value is -3.48. The lowest BCUT2D eigenvalue weighted by Gasteiger charge is -2.24. The van der Waals surface area contributed by atoms with Gasteiger partial charge in [-0.3, -0.25) is 9.59 Å². The molecule has 0 saturated carbocycles. The Labute approximate surface area is 375 Å². The van der Waals surface area contributed by atoms with Crippen LogP contribution in [-0.2, 0) is 14.3 Å². The molecule has 0 aliphatic rings. The number of rotatable bonds is 42. The molecule has 0 aromatic heterocycles. The van der Waals surface area contributed by atoms with E-state index in [0.717, 1.165) is 89.9 Å². The number of carbonyl (C=O) groups excluding carboxylic acids is 2. The van der Waals surface area contributed by atoms with Crippen molar-refractivity contribution in [1.29, 1.82) is 0 Å². The maximum absolute atomic E-state index is 13.2. The van der Waals surface area contributed by atoms with E-state index < -0.39 is 18.2 Å². The van der Waals surface area contributed by atoms with Gasteiger partial charge in [-0.15, -0.1) is 0 Å². The Morgan fingerprint density at radius 3 is 1.41 bits per heavy atom. The molecular formula is C55H91NO5. The summed E-state index contributed by atoms with van der Waals surface area (Å²) >= 11 is 0. The Morgan fingerprint density at radius 2 is 0.918 bits per heavy atom. The molecule has 0 aliphatic heterocycles. The Bertz CT molecular complexity index is 1270. The van der Waals surface area contributed by atoms with Gasteiger partial charge in [-0.05, 0) is 64.2 Å². The van der Waals surface area contributed by atoms with Gasteiger partial charge in [0.1, 0.15) is 6.10 Å². The molecule has 3 unspecified atom stereocenters. The maximum Gasteiger partial charge on any atom is 0.306 e. The van der Waals surface area contributed by atoms with E-state index in [9.17, 15) is 19.8 Å². The summed E-state index contributed by atoms with van der Waals surface area (Å²) in [6.07, 6.45) is 64.2. The van der Waals surface area contributed by atoms with Gasteiger partial charge in [0, 0.05) is 6.42 Å². The molecule has 0 aromatic carbocycles. The second kappa shape index (κ2) is 47.6. The third-order valence-electron chi connectivity index (χ3n) is 10.5. The monoisotopic (exact) mass is 846 g/mol. The van der Waals surface area contributed by atoms with E-state index in [1.54, 1.807) is 0 Å². The fourth-order valence-electron chi connectivity index (χ4n) is 6.82. The van der Waals surface area contributed by atoms with Gasteiger partial charge in [-0.1, -0.05) is 233 Å². The zero-order chi connectivity index (χ0) is 44.5. The molecule has 6 heteroatoms. The number of aliphatic hydroxyl groups excluding tert-OH is 2. The minimum Gasteiger partial charge on any atom is -0.462 e. The van der Waals surface area contributed by atoms with Crippen LogP contribution < -0.4 is 5.32 Å². The number of ether oxygens (including phenoxy) is 1. The normalized spacial score (nSPS) is 14.2. The van der Waals surface area contributed by atoms with Crippen LogP contribution in [-0.4, -0.2) is 46.9 Å². The van der Waals surface area contributed by atoms with Gasteiger partial charge in [0.25, 0.3) is 0 Å². The molecule has 0 aliphatic carbocycles. The largest absolute Gasteiger partial charge is 0.462 e. The van der Waals surface area contributed by atoms with E-state index in [2.05, 4.69) is 68.6 Å². The van der Waals surface area contributed by atoms with Gasteiger partial charge >= 0.3 is 5.97 Å². The van der Waals surface area contributed by atoms with Gasteiger partial charge in [0.2, 0.25) is 5.91 Å². The van der Waals surface area contributed by atoms with Crippen LogP contribution >= 0.6 is 0 Å². The van der Waals surface area contributed by atoms with E-state index in [1.165, 1.54) is 64.2 Å². The summed E-state index contributed by atoms with van der Waals surface area (Å²) < 4.78 is 5.88. The maximum atomic E-state index is 13.2. The minimum absolute atomic E-state index is 0.0263. The first kappa shape index (κ1) is 57.5. The van der Waals surface area contributed by atoms with Crippen molar-refractivity contribution in [1.82, 2.24) is 5.32 Å². The number of aliphatic hydroxyl groups is 2. The van der Waals surface area contributed by atoms with Gasteiger partial charge in [-0.2, -0.15) is 0 Å². The lowest BCUT2D eigenvalue weighted by atomic mass is 10.0. The summed E-state index contributed by atoms with van der Waals surface area (Å²) in [6.45, 7) is 6.22. The fourth-order valence-corrected chi connectivity index (χ4v) is 6.82. The summed E-state index contributed by atoms with van der Waals surface area (Å²) in [5, 5.41) is 23.7. The topological polar surface area (TPSA) is 95.9 Å². The van der Waals surface area contributed by atoms with E-state index in [1.807, 2.05) is 66.8 Å². The third-order valence-corrected chi connectivity index (χ3v) is 10.5. The molecule has 1 amide bonds. The smallest absolute Gasteiger partial charge is 0.306 e. The van der Waals surface area contributed by atoms with E-state index >= 15 is 0 Å². The number of hydrogen-bond donors (Lipinski definition) is 3. The summed E-state index contributed by atoms with van der Waals surface area (Å²) in [6, 6.07) is -0.731. The zero-order valence-corrected chi connectivity index (χ0v) is 39.2. The van der Waals surface area contributed by atoms with Crippen LogP contribution in [0.5, 0.6) is 0 Å². The number of unbranched alkanes of at least 4 members (excludes halogenated alkanes) is 19. The molecule has 0 saturated heterocycles. The van der Waals surface area contributed by atoms with Crippen molar-refractivity contribution in [2.24, 2.45) is 0 Å². The van der Waals surface area contributed by atoms with Crippen LogP contribution in [0.3, 0.4) is 0 Å². The van der Waals surface area contributed by atoms with Gasteiger partial charge in [0.15, 0.2) is 0 Å². The van der Waals surface area contributed by atoms with E-state index in [-0.39, 0.29) is 24.9 Å². The molecule has 6 nitrogen and oxygen atoms in total. The van der Waals surface area contributed by atoms with Crippen LogP contribution in [0.1, 0.15) is 201 Å². The average molecular weight is 846 g/mol. The summed E-state index contributed by atoms with van der Waals surface area (Å²) in [4.78, 5) is 26.1. The van der Waals surface area contributed by atoms with Crippen molar-refractivity contribution in [3.63, 3.8) is 0 Å². The van der Waals surface area contributed by atoms with Gasteiger partial charge < -0.3 is 20.3 Å². The second-order valence-electron chi connectivity index (χ2n) is 16.3. The molecular weight excluding hydrogens is 755 g/mol. The molecule has 0 heterocycles. The Balaban J connectivity index is 4.78. The van der Waals surface area contributed by atoms with Gasteiger partial charge in [-0.25, -0.2) is 0 Å². The second-order valence-corrected chi connectivity index (χ2v) is 16.3. The number of hydrogen-bond acceptors (Lipinski definition) is 5.